The highest BCUT2D eigenvalue weighted by molar-refractivity contribution is 7.90. The number of benzene rings is 3. The van der Waals surface area contributed by atoms with Gasteiger partial charge in [0, 0.05) is 79.8 Å². The van der Waals surface area contributed by atoms with E-state index >= 15 is 0 Å². The molecule has 5 aliphatic heterocycles. The van der Waals surface area contributed by atoms with E-state index in [9.17, 15) is 23.3 Å². The van der Waals surface area contributed by atoms with Crippen LogP contribution in [0.25, 0.3) is 11.0 Å². The van der Waals surface area contributed by atoms with Gasteiger partial charge in [-0.25, -0.2) is 18.1 Å². The van der Waals surface area contributed by atoms with Crippen LogP contribution in [0.4, 0.5) is 17.1 Å². The number of nitro benzene ring substituents is 1. The summed E-state index contributed by atoms with van der Waals surface area (Å²) in [5, 5.41) is 16.4. The van der Waals surface area contributed by atoms with Gasteiger partial charge in [0.05, 0.1) is 40.3 Å². The summed E-state index contributed by atoms with van der Waals surface area (Å²) in [4.78, 5) is 40.3. The zero-order valence-electron chi connectivity index (χ0n) is 37.3. The summed E-state index contributed by atoms with van der Waals surface area (Å²) in [6, 6.07) is 21.1. The van der Waals surface area contributed by atoms with Gasteiger partial charge in [-0.15, -0.1) is 0 Å². The Morgan fingerprint density at radius 3 is 2.65 bits per heavy atom. The minimum atomic E-state index is -4.64. The molecule has 0 unspecified atom stereocenters. The Kier molecular flexibility index (Phi) is 10.9. The Hall–Kier alpha value is -5.75. The predicted molar refractivity (Wildman–Crippen MR) is 249 cm³/mol. The molecule has 2 aromatic heterocycles. The maximum Gasteiger partial charge on any atom is 0.297 e. The molecule has 17 heteroatoms. The number of nitro groups is 1. The van der Waals surface area contributed by atoms with Crippen LogP contribution in [-0.4, -0.2) is 109 Å². The molecule has 7 heterocycles. The molecule has 4 saturated heterocycles. The lowest BCUT2D eigenvalue weighted by Gasteiger charge is -2.56. The number of carbonyl (C=O) groups excluding carboxylic acids is 1. The third kappa shape index (κ3) is 8.02. The Labute approximate surface area is 384 Å². The minimum absolute atomic E-state index is 0.0222. The summed E-state index contributed by atoms with van der Waals surface area (Å²) in [6.45, 7) is 9.63. The first-order valence-corrected chi connectivity index (χ1v) is 24.9. The number of nitrogens with zero attached hydrogens (tertiary/aromatic N) is 5. The monoisotopic (exact) mass is 916 g/mol. The Balaban J connectivity index is 0.799. The van der Waals surface area contributed by atoms with Crippen LogP contribution in [0, 0.1) is 15.5 Å². The van der Waals surface area contributed by atoms with Gasteiger partial charge < -0.3 is 29.4 Å². The lowest BCUT2D eigenvalue weighted by Crippen LogP contribution is -2.54. The summed E-state index contributed by atoms with van der Waals surface area (Å²) in [7, 11) is -4.64. The van der Waals surface area contributed by atoms with E-state index in [1.54, 1.807) is 30.6 Å². The number of H-pyrrole nitrogens is 1. The van der Waals surface area contributed by atoms with E-state index in [1.165, 1.54) is 42.9 Å². The number of ether oxygens (including phenoxy) is 3. The number of morpholine rings is 1. The first-order valence-electron chi connectivity index (χ1n) is 23.4. The Morgan fingerprint density at radius 2 is 1.88 bits per heavy atom. The van der Waals surface area contributed by atoms with Crippen LogP contribution in [-0.2, 0) is 14.8 Å². The number of nitrogens with one attached hydrogen (secondary N) is 3. The van der Waals surface area contributed by atoms with Crippen molar-refractivity contribution in [3.8, 4) is 17.2 Å². The van der Waals surface area contributed by atoms with Gasteiger partial charge in [-0.1, -0.05) is 38.1 Å². The van der Waals surface area contributed by atoms with Crippen molar-refractivity contribution in [2.75, 3.05) is 56.2 Å². The van der Waals surface area contributed by atoms with E-state index < -0.39 is 31.4 Å². The lowest BCUT2D eigenvalue weighted by atomic mass is 9.59. The van der Waals surface area contributed by atoms with Crippen molar-refractivity contribution in [2.24, 2.45) is 5.41 Å². The number of sulfonamides is 1. The van der Waals surface area contributed by atoms with Gasteiger partial charge >= 0.3 is 0 Å². The van der Waals surface area contributed by atoms with Crippen LogP contribution in [0.1, 0.15) is 92.2 Å². The highest BCUT2D eigenvalue weighted by Gasteiger charge is 2.50. The maximum atomic E-state index is 14.1. The summed E-state index contributed by atoms with van der Waals surface area (Å²) < 4.78 is 48.2. The first-order chi connectivity index (χ1) is 31.9. The second-order valence-electron chi connectivity index (χ2n) is 19.6. The minimum Gasteiger partial charge on any atom is -0.489 e. The SMILES string of the molecule is CC(C)c1ccccc1[C@@H]1CCCN1C1CC2(CCN(c3ccc(C(=O)NS(=O)(=O)c4cc5c(c([N+](=O)[O-])c4)N[C@@H](CN4C[C@@H]6C[C@H]4CO6)CO5)c(Oc4cnc5[nH]ccc5c4)c3)CC2)C1. The molecule has 3 aromatic carbocycles. The molecule has 1 saturated carbocycles. The molecule has 11 rings (SSSR count). The molecule has 6 aliphatic rings. The molecular formula is C49H56N8O8S. The normalized spacial score (nSPS) is 24.0. The van der Waals surface area contributed by atoms with Crippen LogP contribution in [0.2, 0.25) is 0 Å². The second kappa shape index (κ2) is 16.8. The number of fused-ring (bicyclic) bond motifs is 4. The fourth-order valence-corrected chi connectivity index (χ4v) is 12.7. The number of aromatic nitrogens is 2. The topological polar surface area (TPSA) is 184 Å². The maximum absolute atomic E-state index is 14.1. The van der Waals surface area contributed by atoms with Crippen LogP contribution in [0.15, 0.2) is 84.0 Å². The van der Waals surface area contributed by atoms with Crippen molar-refractivity contribution in [1.29, 1.82) is 0 Å². The second-order valence-corrected chi connectivity index (χ2v) is 21.2. The molecule has 5 aromatic rings. The zero-order valence-corrected chi connectivity index (χ0v) is 38.1. The van der Waals surface area contributed by atoms with E-state index in [1.807, 2.05) is 12.1 Å². The Bertz CT molecular complexity index is 2800. The fourth-order valence-electron chi connectivity index (χ4n) is 11.7. The molecule has 5 fully saturated rings. The number of aromatic amines is 1. The smallest absolute Gasteiger partial charge is 0.297 e. The van der Waals surface area contributed by atoms with Gasteiger partial charge in [-0.2, -0.15) is 0 Å². The largest absolute Gasteiger partial charge is 0.489 e. The number of carbonyl (C=O) groups is 1. The van der Waals surface area contributed by atoms with Crippen molar-refractivity contribution in [1.82, 2.24) is 24.5 Å². The number of amides is 1. The van der Waals surface area contributed by atoms with Crippen LogP contribution >= 0.6 is 0 Å². The quantitative estimate of drug-likeness (QED) is 0.0817. The lowest BCUT2D eigenvalue weighted by molar-refractivity contribution is -0.384. The third-order valence-electron chi connectivity index (χ3n) is 15.1. The van der Waals surface area contributed by atoms with Crippen LogP contribution in [0.3, 0.4) is 0 Å². The average molecular weight is 917 g/mol. The van der Waals surface area contributed by atoms with E-state index in [0.717, 1.165) is 62.6 Å². The van der Waals surface area contributed by atoms with Gasteiger partial charge in [-0.05, 0) is 98.2 Å². The first kappa shape index (κ1) is 42.9. The van der Waals surface area contributed by atoms with Crippen molar-refractivity contribution in [2.45, 2.75) is 99.9 Å². The van der Waals surface area contributed by atoms with E-state index in [4.69, 9.17) is 14.2 Å². The summed E-state index contributed by atoms with van der Waals surface area (Å²) in [5.74, 6) is 0.0749. The molecule has 16 nitrogen and oxygen atoms in total. The van der Waals surface area contributed by atoms with Crippen molar-refractivity contribution in [3.63, 3.8) is 0 Å². The van der Waals surface area contributed by atoms with Crippen molar-refractivity contribution in [3.05, 3.63) is 106 Å². The highest BCUT2D eigenvalue weighted by Crippen LogP contribution is 2.54. The fraction of sp³-hybridized carbons (Fsp3) is 0.469. The predicted octanol–water partition coefficient (Wildman–Crippen LogP) is 7.74. The van der Waals surface area contributed by atoms with Gasteiger partial charge in [0.25, 0.3) is 21.6 Å². The number of hydrogen-bond donors (Lipinski definition) is 3. The number of rotatable bonds is 12. The molecule has 1 aliphatic carbocycles. The van der Waals surface area contributed by atoms with E-state index in [0.29, 0.717) is 54.0 Å². The van der Waals surface area contributed by atoms with Crippen LogP contribution < -0.4 is 24.4 Å². The number of likely N-dealkylation sites (tertiary alicyclic amines) is 2. The van der Waals surface area contributed by atoms with Gasteiger partial charge in [-0.3, -0.25) is 24.7 Å². The van der Waals surface area contributed by atoms with E-state index in [-0.39, 0.29) is 41.5 Å². The van der Waals surface area contributed by atoms with Gasteiger partial charge in [0.1, 0.15) is 23.8 Å². The van der Waals surface area contributed by atoms with Gasteiger partial charge in [0.2, 0.25) is 0 Å². The standard InChI is InChI=1S/C49H56N8O8S/c1-30(2)39-6-3-4-7-40(39)42-8-5-15-56(42)35-23-49(24-35)12-16-54(17-13-49)33-9-10-41(44(20-33)65-36-18-31-11-14-50-47(31)51-25-36)48(58)53-66(61,62)38-21-43(57(59)60)46-45(22-38)64-28-32(52-46)26-55-27-37-19-34(55)29-63-37/h3-4,6-7,9-11,14,18,20-22,25,30,32,34-35,37,42,52H,5,8,12-13,15-17,19,23-24,26-29H2,1-2H3,(H,50,51)(H,53,58)/t32-,34-,37-,42-/m0/s1. The average Bonchev–Trinajstić information content (AvgIpc) is 4.14. The molecule has 66 heavy (non-hydrogen) atoms. The van der Waals surface area contributed by atoms with Crippen LogP contribution in [0.5, 0.6) is 17.2 Å². The zero-order chi connectivity index (χ0) is 45.3. The molecular weight excluding hydrogens is 861 g/mol. The molecule has 3 N–H and O–H groups in total. The third-order valence-corrected chi connectivity index (χ3v) is 16.4. The Morgan fingerprint density at radius 1 is 1.05 bits per heavy atom. The number of piperidine rings is 1. The summed E-state index contributed by atoms with van der Waals surface area (Å²) in [5.41, 5.74) is 4.39. The molecule has 4 atom stereocenters. The number of hydrogen-bond acceptors (Lipinski definition) is 13. The number of pyridine rings is 1. The molecule has 1 spiro atoms. The van der Waals surface area contributed by atoms with Crippen molar-refractivity contribution < 1.29 is 32.3 Å². The van der Waals surface area contributed by atoms with Gasteiger partial charge in [0.15, 0.2) is 11.4 Å². The summed E-state index contributed by atoms with van der Waals surface area (Å²) >= 11 is 0. The van der Waals surface area contributed by atoms with E-state index in [2.05, 4.69) is 72.8 Å². The molecule has 2 bridgehead atoms. The number of anilines is 2. The molecule has 1 amide bonds. The van der Waals surface area contributed by atoms with Crippen molar-refractivity contribution >= 4 is 44.0 Å². The summed E-state index contributed by atoms with van der Waals surface area (Å²) in [6.07, 6.45) is 11.4. The molecule has 0 radical (unpaired) electrons. The highest BCUT2D eigenvalue weighted by atomic mass is 32.2. The molecule has 346 valence electrons.